The van der Waals surface area contributed by atoms with Crippen molar-refractivity contribution in [1.29, 1.82) is 0 Å². The molecule has 0 unspecified atom stereocenters. The van der Waals surface area contributed by atoms with Crippen LogP contribution in [0.1, 0.15) is 44.6 Å². The molecule has 1 saturated carbocycles. The van der Waals surface area contributed by atoms with Crippen LogP contribution in [0, 0.1) is 5.92 Å². The number of anilines is 1. The van der Waals surface area contributed by atoms with Crippen molar-refractivity contribution in [1.82, 2.24) is 12.5 Å². The van der Waals surface area contributed by atoms with E-state index in [0.29, 0.717) is 6.04 Å². The molecule has 1 aromatic rings. The highest BCUT2D eigenvalue weighted by atomic mass is 127. The highest BCUT2D eigenvalue weighted by Gasteiger charge is 2.26. The Kier molecular flexibility index (Phi) is 4.93. The molecule has 21 heavy (non-hydrogen) atoms. The Morgan fingerprint density at radius 3 is 2.81 bits per heavy atom. The van der Waals surface area contributed by atoms with Crippen molar-refractivity contribution in [3.63, 3.8) is 0 Å². The largest absolute Gasteiger partial charge is 0.356 e. The lowest BCUT2D eigenvalue weighted by molar-refractivity contribution is 0.312. The van der Waals surface area contributed by atoms with Gasteiger partial charge in [0.05, 0.1) is 28.4 Å². The van der Waals surface area contributed by atoms with Crippen LogP contribution in [0.2, 0.25) is 0 Å². The zero-order valence-electron chi connectivity index (χ0n) is 12.5. The van der Waals surface area contributed by atoms with E-state index in [2.05, 4.69) is 64.0 Å². The van der Waals surface area contributed by atoms with E-state index in [1.54, 1.807) is 18.3 Å². The van der Waals surface area contributed by atoms with Crippen LogP contribution in [0.15, 0.2) is 17.6 Å². The second-order valence-corrected chi connectivity index (χ2v) is 8.45. The van der Waals surface area contributed by atoms with E-state index in [1.165, 1.54) is 32.1 Å². The van der Waals surface area contributed by atoms with Crippen LogP contribution in [0.4, 0.5) is 5.82 Å². The summed E-state index contributed by atoms with van der Waals surface area (Å²) in [5.74, 6) is 2.00. The molecule has 3 rings (SSSR count). The minimum Gasteiger partial charge on any atom is -0.356 e. The zero-order valence-corrected chi connectivity index (χ0v) is 15.5. The highest BCUT2D eigenvalue weighted by Crippen LogP contribution is 2.38. The number of fused-ring (bicyclic) bond motifs is 1. The summed E-state index contributed by atoms with van der Waals surface area (Å²) in [6, 6.07) is 0.614. The molecule has 0 bridgehead atoms. The minimum absolute atomic E-state index is 0.614. The van der Waals surface area contributed by atoms with Gasteiger partial charge in [0.25, 0.3) is 0 Å². The molecule has 1 aromatic heterocycles. The standard InChI is InChI=1S/C15H21IN4S/c1-3-11-4-6-12(7-5-11)19(2)14-13-8-9-20(16)21-15(13)18-10-17-14/h8-12H,3-7H2,1-2H3. The fourth-order valence-electron chi connectivity index (χ4n) is 3.23. The molecule has 0 spiro atoms. The Morgan fingerprint density at radius 1 is 1.33 bits per heavy atom. The van der Waals surface area contributed by atoms with E-state index in [4.69, 9.17) is 0 Å². The maximum absolute atomic E-state index is 4.56. The summed E-state index contributed by atoms with van der Waals surface area (Å²) in [4.78, 5) is 11.3. The summed E-state index contributed by atoms with van der Waals surface area (Å²) >= 11 is 3.92. The van der Waals surface area contributed by atoms with Gasteiger partial charge >= 0.3 is 0 Å². The van der Waals surface area contributed by atoms with E-state index < -0.39 is 0 Å². The van der Waals surface area contributed by atoms with Gasteiger partial charge in [-0.25, -0.2) is 9.97 Å². The summed E-state index contributed by atoms with van der Waals surface area (Å²) in [7, 11) is 2.19. The van der Waals surface area contributed by atoms with Crippen molar-refractivity contribution in [2.75, 3.05) is 11.9 Å². The predicted molar refractivity (Wildman–Crippen MR) is 97.2 cm³/mol. The lowest BCUT2D eigenvalue weighted by Crippen LogP contribution is -2.36. The molecule has 0 amide bonds. The van der Waals surface area contributed by atoms with E-state index in [9.17, 15) is 0 Å². The molecule has 4 nitrogen and oxygen atoms in total. The molecule has 0 saturated heterocycles. The van der Waals surface area contributed by atoms with Crippen LogP contribution >= 0.6 is 34.8 Å². The average molecular weight is 416 g/mol. The van der Waals surface area contributed by atoms with E-state index in [0.717, 1.165) is 22.3 Å². The number of nitrogens with zero attached hydrogens (tertiary/aromatic N) is 4. The maximum Gasteiger partial charge on any atom is 0.140 e. The summed E-state index contributed by atoms with van der Waals surface area (Å²) < 4.78 is 2.04. The first-order chi connectivity index (χ1) is 10.2. The first kappa shape index (κ1) is 15.4. The Hall–Kier alpha value is -0.500. The smallest absolute Gasteiger partial charge is 0.140 e. The topological polar surface area (TPSA) is 32.3 Å². The number of rotatable bonds is 3. The van der Waals surface area contributed by atoms with Gasteiger partial charge in [-0.2, -0.15) is 0 Å². The first-order valence-corrected chi connectivity index (χ1v) is 9.32. The summed E-state index contributed by atoms with van der Waals surface area (Å²) in [5, 5.41) is 1.05. The minimum atomic E-state index is 0.614. The first-order valence-electron chi connectivity index (χ1n) is 7.58. The molecular weight excluding hydrogens is 395 g/mol. The third-order valence-electron chi connectivity index (χ3n) is 4.63. The van der Waals surface area contributed by atoms with Crippen molar-refractivity contribution in [3.05, 3.63) is 18.1 Å². The van der Waals surface area contributed by atoms with Crippen LogP contribution in [-0.2, 0) is 0 Å². The lowest BCUT2D eigenvalue weighted by atomic mass is 9.84. The fraction of sp³-hybridized carbons (Fsp3) is 0.600. The van der Waals surface area contributed by atoms with Crippen LogP contribution in [0.5, 0.6) is 0 Å². The molecule has 1 fully saturated rings. The lowest BCUT2D eigenvalue weighted by Gasteiger charge is -2.36. The number of hydrogen-bond donors (Lipinski definition) is 0. The number of halogens is 1. The van der Waals surface area contributed by atoms with Gasteiger partial charge in [-0.15, -0.1) is 0 Å². The van der Waals surface area contributed by atoms with Crippen molar-refractivity contribution < 1.29 is 0 Å². The Balaban J connectivity index is 1.79. The van der Waals surface area contributed by atoms with Crippen LogP contribution in [-0.4, -0.2) is 25.6 Å². The monoisotopic (exact) mass is 416 g/mol. The Morgan fingerprint density at radius 2 is 2.10 bits per heavy atom. The number of hydrogen-bond acceptors (Lipinski definition) is 5. The van der Waals surface area contributed by atoms with Crippen LogP contribution in [0.3, 0.4) is 0 Å². The SMILES string of the molecule is CCC1CCC(N(C)c2ncnc3c2C=CN(I)S3)CC1. The van der Waals surface area contributed by atoms with Crippen LogP contribution in [0.25, 0.3) is 6.08 Å². The fourth-order valence-corrected chi connectivity index (χ4v) is 4.59. The van der Waals surface area contributed by atoms with Gasteiger partial charge in [0, 0.05) is 31.2 Å². The van der Waals surface area contributed by atoms with Crippen molar-refractivity contribution in [3.8, 4) is 0 Å². The molecule has 1 aliphatic heterocycles. The zero-order chi connectivity index (χ0) is 14.8. The molecule has 2 heterocycles. The third-order valence-corrected chi connectivity index (χ3v) is 6.34. The summed E-state index contributed by atoms with van der Waals surface area (Å²) in [6.45, 7) is 2.31. The quantitative estimate of drug-likeness (QED) is 0.313. The van der Waals surface area contributed by atoms with Gasteiger partial charge in [-0.1, -0.05) is 13.3 Å². The highest BCUT2D eigenvalue weighted by molar-refractivity contribution is 14.1. The van der Waals surface area contributed by atoms with Gasteiger partial charge in [-0.3, -0.25) is 2.52 Å². The molecule has 114 valence electrons. The molecule has 6 heteroatoms. The van der Waals surface area contributed by atoms with Gasteiger partial charge < -0.3 is 4.90 Å². The second kappa shape index (κ2) is 6.73. The molecule has 1 aliphatic carbocycles. The average Bonchev–Trinajstić information content (AvgIpc) is 2.53. The number of aromatic nitrogens is 2. The van der Waals surface area contributed by atoms with Crippen molar-refractivity contribution in [2.45, 2.75) is 50.1 Å². The maximum atomic E-state index is 4.56. The Bertz CT molecular complexity index is 528. The normalized spacial score (nSPS) is 24.8. The molecular formula is C15H21IN4S. The molecule has 0 N–H and O–H groups in total. The predicted octanol–water partition coefficient (Wildman–Crippen LogP) is 4.53. The van der Waals surface area contributed by atoms with Gasteiger partial charge in [0.1, 0.15) is 17.2 Å². The van der Waals surface area contributed by atoms with Gasteiger partial charge in [0.15, 0.2) is 0 Å². The Labute approximate surface area is 145 Å². The van der Waals surface area contributed by atoms with E-state index >= 15 is 0 Å². The van der Waals surface area contributed by atoms with E-state index in [1.807, 2.05) is 2.52 Å². The van der Waals surface area contributed by atoms with Crippen molar-refractivity contribution in [2.24, 2.45) is 5.92 Å². The molecule has 0 radical (unpaired) electrons. The van der Waals surface area contributed by atoms with Crippen molar-refractivity contribution >= 4 is 46.7 Å². The van der Waals surface area contributed by atoms with E-state index in [-0.39, 0.29) is 0 Å². The molecule has 0 aromatic carbocycles. The molecule has 0 atom stereocenters. The van der Waals surface area contributed by atoms with Gasteiger partial charge in [0.2, 0.25) is 0 Å². The van der Waals surface area contributed by atoms with Gasteiger partial charge in [-0.05, 0) is 37.7 Å². The summed E-state index contributed by atoms with van der Waals surface area (Å²) in [5.41, 5.74) is 1.16. The third kappa shape index (κ3) is 3.31. The second-order valence-electron chi connectivity index (χ2n) is 5.79. The summed E-state index contributed by atoms with van der Waals surface area (Å²) in [6.07, 6.45) is 12.5. The van der Waals surface area contributed by atoms with Crippen LogP contribution < -0.4 is 4.90 Å². The molecule has 2 aliphatic rings.